The predicted molar refractivity (Wildman–Crippen MR) is 111 cm³/mol. The normalized spacial score (nSPS) is 11.4. The summed E-state index contributed by atoms with van der Waals surface area (Å²) in [6, 6.07) is 15.5. The predicted octanol–water partition coefficient (Wildman–Crippen LogP) is 3.18. The second-order valence-corrected chi connectivity index (χ2v) is 7.49. The van der Waals surface area contributed by atoms with Gasteiger partial charge in [-0.25, -0.2) is 0 Å². The van der Waals surface area contributed by atoms with E-state index in [9.17, 15) is 9.59 Å². The van der Waals surface area contributed by atoms with Gasteiger partial charge in [0.15, 0.2) is 0 Å². The summed E-state index contributed by atoms with van der Waals surface area (Å²) in [7, 11) is 0. The minimum absolute atomic E-state index is 0.238. The molecule has 4 rings (SSSR count). The molecule has 2 heterocycles. The van der Waals surface area contributed by atoms with Crippen LogP contribution in [0.1, 0.15) is 25.3 Å². The molecule has 7 nitrogen and oxygen atoms in total. The summed E-state index contributed by atoms with van der Waals surface area (Å²) < 4.78 is 6.90. The zero-order valence-corrected chi connectivity index (χ0v) is 16.4. The number of nitrogens with one attached hydrogen (secondary N) is 1. The first-order valence-corrected chi connectivity index (χ1v) is 9.65. The molecule has 0 amide bonds. The van der Waals surface area contributed by atoms with E-state index in [0.29, 0.717) is 35.7 Å². The summed E-state index contributed by atoms with van der Waals surface area (Å²) in [4.78, 5) is 31.4. The van der Waals surface area contributed by atoms with Crippen molar-refractivity contribution in [1.82, 2.24) is 19.7 Å². The maximum atomic E-state index is 12.2. The second-order valence-electron chi connectivity index (χ2n) is 7.49. The van der Waals surface area contributed by atoms with E-state index in [1.165, 1.54) is 10.1 Å². The van der Waals surface area contributed by atoms with Crippen LogP contribution in [-0.4, -0.2) is 19.7 Å². The number of hydrogen-bond acceptors (Lipinski definition) is 5. The third-order valence-electron chi connectivity index (χ3n) is 4.72. The van der Waals surface area contributed by atoms with Crippen LogP contribution in [0.4, 0.5) is 0 Å². The Morgan fingerprint density at radius 3 is 2.62 bits per heavy atom. The molecular formula is C22H22N4O3. The van der Waals surface area contributed by atoms with E-state index in [1.54, 1.807) is 6.07 Å². The topological polar surface area (TPSA) is 93.8 Å². The molecule has 7 heteroatoms. The third kappa shape index (κ3) is 4.03. The number of H-pyrrole nitrogens is 1. The minimum atomic E-state index is -0.632. The molecule has 0 spiro atoms. The Morgan fingerprint density at radius 1 is 1.07 bits per heavy atom. The Hall–Kier alpha value is -3.48. The quantitative estimate of drug-likeness (QED) is 0.510. The number of aromatic amines is 1. The van der Waals surface area contributed by atoms with Crippen LogP contribution in [0.15, 0.2) is 62.6 Å². The molecule has 2 aromatic carbocycles. The van der Waals surface area contributed by atoms with Gasteiger partial charge in [0.05, 0.1) is 11.0 Å². The summed E-state index contributed by atoms with van der Waals surface area (Å²) in [6.07, 6.45) is 1.46. The van der Waals surface area contributed by atoms with Crippen LogP contribution in [0.25, 0.3) is 22.4 Å². The second kappa shape index (κ2) is 7.87. The number of benzene rings is 2. The highest BCUT2D eigenvalue weighted by Gasteiger charge is 2.13. The van der Waals surface area contributed by atoms with E-state index >= 15 is 0 Å². The van der Waals surface area contributed by atoms with Gasteiger partial charge in [0.25, 0.3) is 0 Å². The first-order chi connectivity index (χ1) is 14.0. The number of nitrogens with zero attached hydrogens (tertiary/aromatic N) is 3. The van der Waals surface area contributed by atoms with Crippen molar-refractivity contribution in [2.75, 3.05) is 0 Å². The largest absolute Gasteiger partial charge is 0.339 e. The van der Waals surface area contributed by atoms with Gasteiger partial charge in [0.2, 0.25) is 11.7 Å². The average molecular weight is 390 g/mol. The van der Waals surface area contributed by atoms with Crippen molar-refractivity contribution in [1.29, 1.82) is 0 Å². The summed E-state index contributed by atoms with van der Waals surface area (Å²) in [5.41, 5.74) is 2.01. The lowest BCUT2D eigenvalue weighted by Crippen LogP contribution is -2.37. The number of fused-ring (bicyclic) bond motifs is 1. The number of hydrogen-bond donors (Lipinski definition) is 1. The fourth-order valence-electron chi connectivity index (χ4n) is 3.33. The molecule has 29 heavy (non-hydrogen) atoms. The molecule has 0 aliphatic heterocycles. The zero-order chi connectivity index (χ0) is 20.4. The molecule has 0 saturated carbocycles. The molecular weight excluding hydrogens is 368 g/mol. The molecule has 0 radical (unpaired) electrons. The SMILES string of the molecule is CC(C)Cn1c(=O)c(=O)[nH]c2cc(-c3noc(CCc4ccccc4)n3)ccc21. The molecule has 148 valence electrons. The molecule has 0 unspecified atom stereocenters. The van der Waals surface area contributed by atoms with Gasteiger partial charge < -0.3 is 14.1 Å². The van der Waals surface area contributed by atoms with Crippen LogP contribution in [-0.2, 0) is 19.4 Å². The van der Waals surface area contributed by atoms with E-state index < -0.39 is 11.1 Å². The Balaban J connectivity index is 1.63. The molecule has 4 aromatic rings. The Kier molecular flexibility index (Phi) is 5.12. The monoisotopic (exact) mass is 390 g/mol. The van der Waals surface area contributed by atoms with Gasteiger partial charge in [0.1, 0.15) is 0 Å². The van der Waals surface area contributed by atoms with Crippen LogP contribution < -0.4 is 11.1 Å². The van der Waals surface area contributed by atoms with Crippen molar-refractivity contribution >= 4 is 11.0 Å². The van der Waals surface area contributed by atoms with Gasteiger partial charge in [-0.2, -0.15) is 4.98 Å². The maximum absolute atomic E-state index is 12.2. The first-order valence-electron chi connectivity index (χ1n) is 9.65. The first kappa shape index (κ1) is 18.9. The van der Waals surface area contributed by atoms with Crippen molar-refractivity contribution in [2.24, 2.45) is 5.92 Å². The van der Waals surface area contributed by atoms with Crippen molar-refractivity contribution in [3.63, 3.8) is 0 Å². The Labute approximate surface area is 167 Å². The Bertz CT molecular complexity index is 1250. The summed E-state index contributed by atoms with van der Waals surface area (Å²) in [5.74, 6) is 1.25. The third-order valence-corrected chi connectivity index (χ3v) is 4.72. The maximum Gasteiger partial charge on any atom is 0.316 e. The number of aryl methyl sites for hydroxylation is 2. The highest BCUT2D eigenvalue weighted by Crippen LogP contribution is 2.21. The van der Waals surface area contributed by atoms with Crippen molar-refractivity contribution in [3.8, 4) is 11.4 Å². The lowest BCUT2D eigenvalue weighted by Gasteiger charge is -2.12. The molecule has 2 aromatic heterocycles. The lowest BCUT2D eigenvalue weighted by atomic mass is 10.1. The van der Waals surface area contributed by atoms with Crippen LogP contribution >= 0.6 is 0 Å². The Morgan fingerprint density at radius 2 is 1.86 bits per heavy atom. The van der Waals surface area contributed by atoms with Crippen LogP contribution in [0, 0.1) is 5.92 Å². The molecule has 0 saturated heterocycles. The van der Waals surface area contributed by atoms with E-state index in [4.69, 9.17) is 4.52 Å². The highest BCUT2D eigenvalue weighted by molar-refractivity contribution is 5.80. The fraction of sp³-hybridized carbons (Fsp3) is 0.273. The van der Waals surface area contributed by atoms with Gasteiger partial charge in [-0.05, 0) is 36.1 Å². The number of rotatable bonds is 6. The van der Waals surface area contributed by atoms with Crippen molar-refractivity contribution < 1.29 is 4.52 Å². The molecule has 0 fully saturated rings. The smallest absolute Gasteiger partial charge is 0.316 e. The van der Waals surface area contributed by atoms with Gasteiger partial charge in [-0.15, -0.1) is 0 Å². The molecule has 0 aliphatic carbocycles. The fourth-order valence-corrected chi connectivity index (χ4v) is 3.33. The van der Waals surface area contributed by atoms with E-state index in [1.807, 2.05) is 44.2 Å². The van der Waals surface area contributed by atoms with E-state index in [0.717, 1.165) is 12.0 Å². The van der Waals surface area contributed by atoms with Gasteiger partial charge in [-0.3, -0.25) is 9.59 Å². The van der Waals surface area contributed by atoms with Crippen molar-refractivity contribution in [3.05, 3.63) is 80.7 Å². The van der Waals surface area contributed by atoms with Gasteiger partial charge >= 0.3 is 11.1 Å². The summed E-state index contributed by atoms with van der Waals surface area (Å²) in [5, 5.41) is 4.07. The number of aromatic nitrogens is 4. The van der Waals surface area contributed by atoms with Crippen LogP contribution in [0.3, 0.4) is 0 Å². The molecule has 0 atom stereocenters. The van der Waals surface area contributed by atoms with Crippen LogP contribution in [0.2, 0.25) is 0 Å². The summed E-state index contributed by atoms with van der Waals surface area (Å²) in [6.45, 7) is 4.48. The van der Waals surface area contributed by atoms with Gasteiger partial charge in [-0.1, -0.05) is 49.3 Å². The highest BCUT2D eigenvalue weighted by atomic mass is 16.5. The molecule has 1 N–H and O–H groups in total. The summed E-state index contributed by atoms with van der Waals surface area (Å²) >= 11 is 0. The van der Waals surface area contributed by atoms with E-state index in [2.05, 4.69) is 27.3 Å². The molecule has 0 aliphatic rings. The standard InChI is InChI=1S/C22H22N4O3/c1-14(2)13-26-18-10-9-16(12-17(18)23-21(27)22(26)28)20-24-19(29-25-20)11-8-15-6-4-3-5-7-15/h3-7,9-10,12,14H,8,11,13H2,1-2H3,(H,23,27). The minimum Gasteiger partial charge on any atom is -0.339 e. The van der Waals surface area contributed by atoms with Crippen molar-refractivity contribution in [2.45, 2.75) is 33.2 Å². The average Bonchev–Trinajstić information content (AvgIpc) is 3.19. The molecule has 0 bridgehead atoms. The van der Waals surface area contributed by atoms with Crippen LogP contribution in [0.5, 0.6) is 0 Å². The van der Waals surface area contributed by atoms with Gasteiger partial charge in [0, 0.05) is 18.5 Å². The zero-order valence-electron chi connectivity index (χ0n) is 16.4. The van der Waals surface area contributed by atoms with E-state index in [-0.39, 0.29) is 5.92 Å². The lowest BCUT2D eigenvalue weighted by molar-refractivity contribution is 0.379.